The van der Waals surface area contributed by atoms with Gasteiger partial charge in [-0.25, -0.2) is 9.50 Å². The Bertz CT molecular complexity index is 699. The van der Waals surface area contributed by atoms with Crippen LogP contribution in [-0.4, -0.2) is 44.7 Å². The fraction of sp³-hybridized carbons (Fsp3) is 0.462. The van der Waals surface area contributed by atoms with E-state index in [9.17, 15) is 9.59 Å². The molecule has 0 fully saturated rings. The number of aliphatic carboxylic acids is 1. The maximum absolute atomic E-state index is 12.3. The first kappa shape index (κ1) is 14.3. The van der Waals surface area contributed by atoms with Crippen LogP contribution in [0.25, 0.3) is 5.65 Å². The molecule has 0 saturated carbocycles. The molecule has 0 aliphatic carbocycles. The quantitative estimate of drug-likeness (QED) is 0.826. The number of fused-ring (bicyclic) bond motifs is 1. The summed E-state index contributed by atoms with van der Waals surface area (Å²) >= 11 is 0. The smallest absolute Gasteiger partial charge is 0.303 e. The molecule has 2 aromatic heterocycles. The van der Waals surface area contributed by atoms with E-state index in [2.05, 4.69) is 10.1 Å². The monoisotopic (exact) mass is 278 g/mol. The van der Waals surface area contributed by atoms with Crippen LogP contribution >= 0.6 is 0 Å². The van der Waals surface area contributed by atoms with E-state index >= 15 is 0 Å². The summed E-state index contributed by atoms with van der Waals surface area (Å²) in [6.07, 6.45) is 1.87. The zero-order valence-corrected chi connectivity index (χ0v) is 11.8. The lowest BCUT2D eigenvalue weighted by Crippen LogP contribution is -2.23. The highest BCUT2D eigenvalue weighted by Gasteiger charge is 2.14. The molecule has 0 unspecified atom stereocenters. The third kappa shape index (κ3) is 2.72. The molecule has 2 N–H and O–H groups in total. The average molecular weight is 278 g/mol. The summed E-state index contributed by atoms with van der Waals surface area (Å²) in [6.45, 7) is 2.42. The minimum absolute atomic E-state index is 0.0743. The van der Waals surface area contributed by atoms with E-state index in [0.29, 0.717) is 23.4 Å². The average Bonchev–Trinajstić information content (AvgIpc) is 2.71. The van der Waals surface area contributed by atoms with Crippen LogP contribution in [0, 0.1) is 6.92 Å². The minimum Gasteiger partial charge on any atom is -0.481 e. The second-order valence-corrected chi connectivity index (χ2v) is 5.07. The zero-order valence-electron chi connectivity index (χ0n) is 11.8. The highest BCUT2D eigenvalue weighted by molar-refractivity contribution is 5.67. The van der Waals surface area contributed by atoms with Gasteiger partial charge in [0.25, 0.3) is 5.56 Å². The van der Waals surface area contributed by atoms with Gasteiger partial charge in [0.05, 0.1) is 0 Å². The van der Waals surface area contributed by atoms with Gasteiger partial charge in [-0.15, -0.1) is 0 Å². The van der Waals surface area contributed by atoms with Crippen molar-refractivity contribution in [1.82, 2.24) is 19.5 Å². The zero-order chi connectivity index (χ0) is 14.9. The molecular formula is C13H18N4O3. The van der Waals surface area contributed by atoms with E-state index < -0.39 is 5.97 Å². The van der Waals surface area contributed by atoms with Crippen molar-refractivity contribution < 1.29 is 9.90 Å². The van der Waals surface area contributed by atoms with E-state index in [0.717, 1.165) is 5.56 Å². The topological polar surface area (TPSA) is 90.7 Å². The number of hydrogen-bond donors (Lipinski definition) is 2. The molecule has 0 amide bonds. The van der Waals surface area contributed by atoms with Gasteiger partial charge in [-0.3, -0.25) is 14.7 Å². The normalized spacial score (nSPS) is 11.4. The lowest BCUT2D eigenvalue weighted by Gasteiger charge is -2.08. The number of H-pyrrole nitrogens is 1. The predicted octanol–water partition coefficient (Wildman–Crippen LogP) is 0.410. The Balaban J connectivity index is 2.49. The Morgan fingerprint density at radius 1 is 1.50 bits per heavy atom. The molecule has 0 radical (unpaired) electrons. The number of nitrogens with zero attached hydrogens (tertiary/aromatic N) is 3. The fourth-order valence-corrected chi connectivity index (χ4v) is 2.18. The number of rotatable bonds is 5. The van der Waals surface area contributed by atoms with Crippen molar-refractivity contribution >= 4 is 11.6 Å². The number of carbonyl (C=O) groups is 1. The van der Waals surface area contributed by atoms with Crippen LogP contribution < -0.4 is 5.56 Å². The van der Waals surface area contributed by atoms with Crippen LogP contribution in [0.4, 0.5) is 0 Å². The third-order valence-corrected chi connectivity index (χ3v) is 3.11. The molecule has 2 aromatic rings. The number of aromatic amines is 1. The van der Waals surface area contributed by atoms with Crippen molar-refractivity contribution in [2.45, 2.75) is 26.3 Å². The highest BCUT2D eigenvalue weighted by atomic mass is 16.4. The molecule has 0 aliphatic heterocycles. The van der Waals surface area contributed by atoms with Crippen LogP contribution in [0.3, 0.4) is 0 Å². The Morgan fingerprint density at radius 3 is 2.80 bits per heavy atom. The Hall–Kier alpha value is -2.15. The van der Waals surface area contributed by atoms with Crippen LogP contribution in [0.1, 0.15) is 23.2 Å². The summed E-state index contributed by atoms with van der Waals surface area (Å²) in [5.74, 6) is -0.923. The summed E-state index contributed by atoms with van der Waals surface area (Å²) in [7, 11) is 3.88. The predicted molar refractivity (Wildman–Crippen MR) is 73.9 cm³/mol. The third-order valence-electron chi connectivity index (χ3n) is 3.11. The van der Waals surface area contributed by atoms with Crippen molar-refractivity contribution in [1.29, 1.82) is 0 Å². The molecule has 108 valence electrons. The first-order valence-electron chi connectivity index (χ1n) is 6.35. The Morgan fingerprint density at radius 2 is 2.20 bits per heavy atom. The molecule has 0 bridgehead atoms. The van der Waals surface area contributed by atoms with Crippen molar-refractivity contribution in [2.24, 2.45) is 0 Å². The molecule has 7 heteroatoms. The van der Waals surface area contributed by atoms with Crippen molar-refractivity contribution in [2.75, 3.05) is 14.1 Å². The number of hydrogen-bond acceptors (Lipinski definition) is 4. The summed E-state index contributed by atoms with van der Waals surface area (Å²) < 4.78 is 1.38. The molecule has 2 heterocycles. The number of aromatic nitrogens is 3. The molecule has 0 aromatic carbocycles. The number of carboxylic acids is 1. The van der Waals surface area contributed by atoms with Gasteiger partial charge in [0.15, 0.2) is 5.65 Å². The van der Waals surface area contributed by atoms with Gasteiger partial charge in [0.1, 0.15) is 0 Å². The van der Waals surface area contributed by atoms with E-state index in [-0.39, 0.29) is 18.4 Å². The summed E-state index contributed by atoms with van der Waals surface area (Å²) in [5, 5.41) is 11.6. The van der Waals surface area contributed by atoms with Gasteiger partial charge < -0.3 is 10.0 Å². The number of aryl methyl sites for hydroxylation is 1. The molecule has 0 aliphatic rings. The molecule has 7 nitrogen and oxygen atoms in total. The van der Waals surface area contributed by atoms with Gasteiger partial charge in [-0.05, 0) is 27.4 Å². The molecular weight excluding hydrogens is 260 g/mol. The second kappa shape index (κ2) is 5.46. The SMILES string of the molecule is Cc1nc2c(CN(C)C)c[nH]n2c(=O)c1CCC(=O)O. The lowest BCUT2D eigenvalue weighted by molar-refractivity contribution is -0.136. The molecule has 0 saturated heterocycles. The molecule has 2 rings (SSSR count). The van der Waals surface area contributed by atoms with Crippen molar-refractivity contribution in [3.8, 4) is 0 Å². The van der Waals surface area contributed by atoms with Gasteiger partial charge in [0.2, 0.25) is 0 Å². The standard InChI is InChI=1S/C13H18N4O3/c1-8-10(4-5-11(18)19)13(20)17-12(15-8)9(6-14-17)7-16(2)3/h6,14H,4-5,7H2,1-3H3,(H,18,19). The van der Waals surface area contributed by atoms with Crippen LogP contribution in [0.2, 0.25) is 0 Å². The fourth-order valence-electron chi connectivity index (χ4n) is 2.18. The van der Waals surface area contributed by atoms with Gasteiger partial charge in [-0.1, -0.05) is 0 Å². The van der Waals surface area contributed by atoms with Crippen molar-refractivity contribution in [3.63, 3.8) is 0 Å². The maximum atomic E-state index is 12.3. The second-order valence-electron chi connectivity index (χ2n) is 5.07. The minimum atomic E-state index is -0.923. The molecule has 20 heavy (non-hydrogen) atoms. The molecule has 0 atom stereocenters. The summed E-state index contributed by atoms with van der Waals surface area (Å²) in [5.41, 5.74) is 2.35. The van der Waals surface area contributed by atoms with Gasteiger partial charge >= 0.3 is 5.97 Å². The van der Waals surface area contributed by atoms with E-state index in [4.69, 9.17) is 5.11 Å². The van der Waals surface area contributed by atoms with Gasteiger partial charge in [0, 0.05) is 36.0 Å². The molecule has 0 spiro atoms. The largest absolute Gasteiger partial charge is 0.481 e. The summed E-state index contributed by atoms with van der Waals surface area (Å²) in [4.78, 5) is 29.4. The van der Waals surface area contributed by atoms with Crippen LogP contribution in [-0.2, 0) is 17.8 Å². The number of nitrogens with one attached hydrogen (secondary N) is 1. The van der Waals surface area contributed by atoms with Crippen LogP contribution in [0.5, 0.6) is 0 Å². The summed E-state index contributed by atoms with van der Waals surface area (Å²) in [6, 6.07) is 0. The number of carboxylic acid groups (broad SMARTS) is 1. The van der Waals surface area contributed by atoms with E-state index in [1.807, 2.05) is 19.0 Å². The van der Waals surface area contributed by atoms with Gasteiger partial charge in [-0.2, -0.15) is 0 Å². The first-order chi connectivity index (χ1) is 9.40. The van der Waals surface area contributed by atoms with Crippen LogP contribution in [0.15, 0.2) is 11.0 Å². The van der Waals surface area contributed by atoms with Crippen molar-refractivity contribution in [3.05, 3.63) is 33.4 Å². The lowest BCUT2D eigenvalue weighted by atomic mass is 10.1. The highest BCUT2D eigenvalue weighted by Crippen LogP contribution is 2.11. The Kier molecular flexibility index (Phi) is 3.89. The Labute approximate surface area is 115 Å². The van der Waals surface area contributed by atoms with E-state index in [1.165, 1.54) is 4.52 Å². The van der Waals surface area contributed by atoms with E-state index in [1.54, 1.807) is 13.1 Å². The maximum Gasteiger partial charge on any atom is 0.303 e. The first-order valence-corrected chi connectivity index (χ1v) is 6.35.